The van der Waals surface area contributed by atoms with E-state index in [-0.39, 0.29) is 12.6 Å². The molecular weight excluding hydrogens is 268 g/mol. The molecule has 0 amide bonds. The molecule has 0 radical (unpaired) electrons. The lowest BCUT2D eigenvalue weighted by Gasteiger charge is -2.22. The van der Waals surface area contributed by atoms with Crippen LogP contribution in [0.5, 0.6) is 0 Å². The minimum Gasteiger partial charge on any atom is -0.394 e. The zero-order valence-electron chi connectivity index (χ0n) is 11.5. The average Bonchev–Trinajstić information content (AvgIpc) is 2.87. The SMILES string of the molecule is OCC(NCc1cnc(C2CCC2)s1)c1ccccc1. The first-order valence-corrected chi connectivity index (χ1v) is 8.02. The molecule has 1 atom stereocenters. The first-order chi connectivity index (χ1) is 9.86. The lowest BCUT2D eigenvalue weighted by Crippen LogP contribution is -2.23. The molecule has 0 aliphatic heterocycles. The lowest BCUT2D eigenvalue weighted by atomic mass is 9.86. The third-order valence-electron chi connectivity index (χ3n) is 3.93. The highest BCUT2D eigenvalue weighted by molar-refractivity contribution is 7.11. The van der Waals surface area contributed by atoms with Crippen LogP contribution in [0.1, 0.15) is 46.7 Å². The summed E-state index contributed by atoms with van der Waals surface area (Å²) in [5, 5.41) is 14.2. The number of nitrogens with one attached hydrogen (secondary N) is 1. The highest BCUT2D eigenvalue weighted by Gasteiger charge is 2.22. The summed E-state index contributed by atoms with van der Waals surface area (Å²) in [5.41, 5.74) is 1.12. The molecule has 1 unspecified atom stereocenters. The van der Waals surface area contributed by atoms with Gasteiger partial charge in [-0.2, -0.15) is 0 Å². The molecule has 1 saturated carbocycles. The van der Waals surface area contributed by atoms with Crippen LogP contribution in [0.15, 0.2) is 36.5 Å². The fourth-order valence-electron chi connectivity index (χ4n) is 2.45. The zero-order valence-corrected chi connectivity index (χ0v) is 12.3. The van der Waals surface area contributed by atoms with E-state index in [0.717, 1.165) is 12.1 Å². The van der Waals surface area contributed by atoms with Gasteiger partial charge in [0.15, 0.2) is 0 Å². The summed E-state index contributed by atoms with van der Waals surface area (Å²) in [6.07, 6.45) is 5.91. The van der Waals surface area contributed by atoms with Crippen molar-refractivity contribution in [2.24, 2.45) is 0 Å². The second kappa shape index (κ2) is 6.48. The molecule has 1 aliphatic carbocycles. The Kier molecular flexibility index (Phi) is 4.45. The van der Waals surface area contributed by atoms with Gasteiger partial charge in [0.1, 0.15) is 0 Å². The topological polar surface area (TPSA) is 45.1 Å². The number of hydrogen-bond acceptors (Lipinski definition) is 4. The van der Waals surface area contributed by atoms with Crippen LogP contribution < -0.4 is 5.32 Å². The summed E-state index contributed by atoms with van der Waals surface area (Å²) in [7, 11) is 0. The number of thiazole rings is 1. The first kappa shape index (κ1) is 13.7. The van der Waals surface area contributed by atoms with Crippen LogP contribution in [0.2, 0.25) is 0 Å². The fourth-order valence-corrected chi connectivity index (χ4v) is 3.48. The Hall–Kier alpha value is -1.23. The predicted molar refractivity (Wildman–Crippen MR) is 81.8 cm³/mol. The van der Waals surface area contributed by atoms with Gasteiger partial charge in [-0.3, -0.25) is 0 Å². The van der Waals surface area contributed by atoms with Crippen LogP contribution in [0, 0.1) is 0 Å². The minimum absolute atomic E-state index is 0.00884. The van der Waals surface area contributed by atoms with E-state index >= 15 is 0 Å². The van der Waals surface area contributed by atoms with Gasteiger partial charge in [-0.15, -0.1) is 11.3 Å². The zero-order chi connectivity index (χ0) is 13.8. The smallest absolute Gasteiger partial charge is 0.0959 e. The van der Waals surface area contributed by atoms with Gasteiger partial charge in [-0.05, 0) is 18.4 Å². The molecule has 3 nitrogen and oxygen atoms in total. The van der Waals surface area contributed by atoms with Crippen molar-refractivity contribution in [2.75, 3.05) is 6.61 Å². The van der Waals surface area contributed by atoms with Gasteiger partial charge in [0.05, 0.1) is 17.7 Å². The molecule has 2 aromatic rings. The van der Waals surface area contributed by atoms with Crippen molar-refractivity contribution in [2.45, 2.75) is 37.8 Å². The fraction of sp³-hybridized carbons (Fsp3) is 0.438. The van der Waals surface area contributed by atoms with Gasteiger partial charge in [0.2, 0.25) is 0 Å². The summed E-state index contributed by atoms with van der Waals surface area (Å²) < 4.78 is 0. The van der Waals surface area contributed by atoms with Crippen molar-refractivity contribution in [3.05, 3.63) is 52.0 Å². The van der Waals surface area contributed by atoms with E-state index in [9.17, 15) is 5.11 Å². The van der Waals surface area contributed by atoms with Crippen molar-refractivity contribution in [1.29, 1.82) is 0 Å². The molecule has 20 heavy (non-hydrogen) atoms. The highest BCUT2D eigenvalue weighted by Crippen LogP contribution is 2.38. The molecular formula is C16H20N2OS. The first-order valence-electron chi connectivity index (χ1n) is 7.20. The molecule has 0 spiro atoms. The maximum Gasteiger partial charge on any atom is 0.0959 e. The van der Waals surface area contributed by atoms with Crippen molar-refractivity contribution in [1.82, 2.24) is 10.3 Å². The summed E-state index contributed by atoms with van der Waals surface area (Å²) in [6.45, 7) is 0.878. The lowest BCUT2D eigenvalue weighted by molar-refractivity contribution is 0.244. The van der Waals surface area contributed by atoms with E-state index in [1.165, 1.54) is 29.1 Å². The van der Waals surface area contributed by atoms with Gasteiger partial charge in [-0.1, -0.05) is 36.8 Å². The number of hydrogen-bond donors (Lipinski definition) is 2. The molecule has 1 aromatic heterocycles. The monoisotopic (exact) mass is 288 g/mol. The van der Waals surface area contributed by atoms with Crippen LogP contribution in [0.4, 0.5) is 0 Å². The van der Waals surface area contributed by atoms with Crippen LogP contribution in [-0.2, 0) is 6.54 Å². The van der Waals surface area contributed by atoms with Crippen molar-refractivity contribution in [3.8, 4) is 0 Å². The Balaban J connectivity index is 1.58. The standard InChI is InChI=1S/C16H20N2OS/c19-11-15(12-5-2-1-3-6-12)17-9-14-10-18-16(20-14)13-7-4-8-13/h1-3,5-6,10,13,15,17,19H,4,7-9,11H2. The molecule has 0 bridgehead atoms. The van der Waals surface area contributed by atoms with Crippen LogP contribution in [0.3, 0.4) is 0 Å². The number of rotatable bonds is 6. The Morgan fingerprint density at radius 3 is 2.75 bits per heavy atom. The Bertz CT molecular complexity index is 536. The van der Waals surface area contributed by atoms with E-state index in [1.807, 2.05) is 47.9 Å². The van der Waals surface area contributed by atoms with Gasteiger partial charge in [0.25, 0.3) is 0 Å². The third kappa shape index (κ3) is 3.08. The maximum atomic E-state index is 9.52. The predicted octanol–water partition coefficient (Wildman–Crippen LogP) is 3.23. The van der Waals surface area contributed by atoms with Gasteiger partial charge < -0.3 is 10.4 Å². The molecule has 1 heterocycles. The van der Waals surface area contributed by atoms with E-state index in [0.29, 0.717) is 5.92 Å². The second-order valence-corrected chi connectivity index (χ2v) is 6.47. The van der Waals surface area contributed by atoms with E-state index in [4.69, 9.17) is 0 Å². The third-order valence-corrected chi connectivity index (χ3v) is 5.09. The Labute approximate surface area is 123 Å². The maximum absolute atomic E-state index is 9.52. The molecule has 3 rings (SSSR count). The Morgan fingerprint density at radius 2 is 2.10 bits per heavy atom. The number of nitrogens with zero attached hydrogens (tertiary/aromatic N) is 1. The van der Waals surface area contributed by atoms with E-state index < -0.39 is 0 Å². The Morgan fingerprint density at radius 1 is 1.30 bits per heavy atom. The van der Waals surface area contributed by atoms with Crippen molar-refractivity contribution >= 4 is 11.3 Å². The van der Waals surface area contributed by atoms with Crippen LogP contribution >= 0.6 is 11.3 Å². The molecule has 1 fully saturated rings. The van der Waals surface area contributed by atoms with Crippen LogP contribution in [0.25, 0.3) is 0 Å². The molecule has 0 saturated heterocycles. The molecule has 1 aliphatic rings. The quantitative estimate of drug-likeness (QED) is 0.858. The average molecular weight is 288 g/mol. The normalized spacial score (nSPS) is 16.9. The number of aliphatic hydroxyl groups excluding tert-OH is 1. The summed E-state index contributed by atoms with van der Waals surface area (Å²) >= 11 is 1.81. The van der Waals surface area contributed by atoms with Gasteiger partial charge in [0, 0.05) is 23.5 Å². The molecule has 4 heteroatoms. The summed E-state index contributed by atoms with van der Waals surface area (Å²) in [6, 6.07) is 10.1. The number of aromatic nitrogens is 1. The number of aliphatic hydroxyl groups is 1. The largest absolute Gasteiger partial charge is 0.394 e. The number of benzene rings is 1. The second-order valence-electron chi connectivity index (χ2n) is 5.32. The van der Waals surface area contributed by atoms with Gasteiger partial charge >= 0.3 is 0 Å². The summed E-state index contributed by atoms with van der Waals surface area (Å²) in [5.74, 6) is 0.705. The minimum atomic E-state index is -0.00884. The summed E-state index contributed by atoms with van der Waals surface area (Å²) in [4.78, 5) is 5.78. The van der Waals surface area contributed by atoms with E-state index in [1.54, 1.807) is 0 Å². The van der Waals surface area contributed by atoms with Crippen molar-refractivity contribution < 1.29 is 5.11 Å². The van der Waals surface area contributed by atoms with E-state index in [2.05, 4.69) is 10.3 Å². The van der Waals surface area contributed by atoms with Gasteiger partial charge in [-0.25, -0.2) is 4.98 Å². The molecule has 2 N–H and O–H groups in total. The molecule has 106 valence electrons. The van der Waals surface area contributed by atoms with Crippen LogP contribution in [-0.4, -0.2) is 16.7 Å². The molecule has 1 aromatic carbocycles. The van der Waals surface area contributed by atoms with Crippen molar-refractivity contribution in [3.63, 3.8) is 0 Å². The highest BCUT2D eigenvalue weighted by atomic mass is 32.1.